The maximum atomic E-state index is 14.0. The number of rotatable bonds is 20. The average molecular weight is 616 g/mol. The molecular weight excluding hydrogens is 571 g/mol. The average Bonchev–Trinajstić information content (AvgIpc) is 3.00. The zero-order valence-electron chi connectivity index (χ0n) is 25.7. The van der Waals surface area contributed by atoms with E-state index in [-0.39, 0.29) is 22.8 Å². The highest BCUT2D eigenvalue weighted by molar-refractivity contribution is 5.81. The fraction of sp³-hybridized carbons (Fsp3) is 0.514. The van der Waals surface area contributed by atoms with Crippen molar-refractivity contribution in [1.29, 1.82) is 0 Å². The number of hydrogen-bond donors (Lipinski definition) is 0. The Labute approximate surface area is 257 Å². The number of carbonyl (C=O) groups is 1. The molecule has 0 unspecified atom stereocenters. The van der Waals surface area contributed by atoms with E-state index in [4.69, 9.17) is 13.9 Å². The Hall–Kier alpha value is -3.62. The number of hydrogen-bond acceptors (Lipinski definition) is 6. The zero-order valence-corrected chi connectivity index (χ0v) is 25.7. The molecule has 44 heavy (non-hydrogen) atoms. The molecule has 1 aromatic carbocycles. The third-order valence-corrected chi connectivity index (χ3v) is 7.52. The summed E-state index contributed by atoms with van der Waals surface area (Å²) in [5, 5.41) is 0.420. The summed E-state index contributed by atoms with van der Waals surface area (Å²) in [6.45, 7) is 6.34. The quantitative estimate of drug-likeness (QED) is 0.0715. The Morgan fingerprint density at radius 3 is 2.16 bits per heavy atom. The first-order chi connectivity index (χ1) is 21.2. The van der Waals surface area contributed by atoms with Gasteiger partial charge in [-0.1, -0.05) is 89.8 Å². The summed E-state index contributed by atoms with van der Waals surface area (Å²) in [5.74, 6) is -0.0604. The van der Waals surface area contributed by atoms with E-state index in [1.165, 1.54) is 37.5 Å². The highest BCUT2D eigenvalue weighted by Gasteiger charge is 2.34. The highest BCUT2D eigenvalue weighted by Crippen LogP contribution is 2.37. The first-order valence-electron chi connectivity index (χ1n) is 15.8. The summed E-state index contributed by atoms with van der Waals surface area (Å²) < 4.78 is 58.0. The van der Waals surface area contributed by atoms with Crippen LogP contribution in [0.2, 0.25) is 0 Å². The number of unbranched alkanes of at least 4 members (excludes halogenated alkanes) is 11. The van der Waals surface area contributed by atoms with Gasteiger partial charge in [0.15, 0.2) is 0 Å². The van der Waals surface area contributed by atoms with Gasteiger partial charge in [-0.25, -0.2) is 9.59 Å². The lowest BCUT2D eigenvalue weighted by Crippen LogP contribution is -2.12. The van der Waals surface area contributed by atoms with Crippen molar-refractivity contribution >= 4 is 17.1 Å². The molecule has 0 N–H and O–H groups in total. The van der Waals surface area contributed by atoms with Crippen LogP contribution in [0.15, 0.2) is 58.3 Å². The molecule has 9 heteroatoms. The van der Waals surface area contributed by atoms with Gasteiger partial charge in [-0.15, -0.1) is 0 Å². The molecule has 0 aliphatic rings. The topological polar surface area (TPSA) is 78.6 Å². The third-order valence-electron chi connectivity index (χ3n) is 7.52. The van der Waals surface area contributed by atoms with E-state index in [9.17, 15) is 22.8 Å². The molecular formula is C35H44F3NO5. The molecule has 3 aromatic rings. The SMILES string of the molecule is C=CC(=O)OCCCCCCCCCCCCOc1ccc2cc(-c3ccc(CCCCC)cc3C(F)(F)F)c(=O)oc2n1. The predicted molar refractivity (Wildman–Crippen MR) is 167 cm³/mol. The number of halogens is 3. The van der Waals surface area contributed by atoms with E-state index in [0.29, 0.717) is 36.5 Å². The van der Waals surface area contributed by atoms with Crippen LogP contribution >= 0.6 is 0 Å². The Morgan fingerprint density at radius 2 is 1.52 bits per heavy atom. The molecule has 0 bridgehead atoms. The van der Waals surface area contributed by atoms with Gasteiger partial charge >= 0.3 is 17.8 Å². The lowest BCUT2D eigenvalue weighted by molar-refractivity contribution is -0.138. The fourth-order valence-electron chi connectivity index (χ4n) is 5.07. The predicted octanol–water partition coefficient (Wildman–Crippen LogP) is 9.62. The van der Waals surface area contributed by atoms with E-state index in [2.05, 4.69) is 11.6 Å². The van der Waals surface area contributed by atoms with Crippen molar-refractivity contribution < 1.29 is 31.9 Å². The van der Waals surface area contributed by atoms with Crippen molar-refractivity contribution in [2.75, 3.05) is 13.2 Å². The van der Waals surface area contributed by atoms with Crippen LogP contribution < -0.4 is 10.4 Å². The van der Waals surface area contributed by atoms with E-state index >= 15 is 0 Å². The normalized spacial score (nSPS) is 11.5. The van der Waals surface area contributed by atoms with E-state index in [0.717, 1.165) is 70.3 Å². The maximum Gasteiger partial charge on any atom is 0.417 e. The van der Waals surface area contributed by atoms with E-state index in [1.54, 1.807) is 18.2 Å². The van der Waals surface area contributed by atoms with Gasteiger partial charge in [0, 0.05) is 23.1 Å². The van der Waals surface area contributed by atoms with Crippen LogP contribution in [0.25, 0.3) is 22.2 Å². The van der Waals surface area contributed by atoms with Crippen LogP contribution in [0, 0.1) is 0 Å². The third kappa shape index (κ3) is 11.5. The molecule has 2 aromatic heterocycles. The molecule has 6 nitrogen and oxygen atoms in total. The van der Waals surface area contributed by atoms with Gasteiger partial charge in [0.1, 0.15) is 0 Å². The summed E-state index contributed by atoms with van der Waals surface area (Å²) in [5.41, 5.74) is -1.44. The smallest absolute Gasteiger partial charge is 0.417 e. The van der Waals surface area contributed by atoms with E-state index < -0.39 is 17.4 Å². The minimum atomic E-state index is -4.61. The maximum absolute atomic E-state index is 14.0. The number of alkyl halides is 3. The summed E-state index contributed by atoms with van der Waals surface area (Å²) in [6.07, 6.45) is 10.7. The van der Waals surface area contributed by atoms with Crippen LogP contribution in [-0.2, 0) is 22.1 Å². The Bertz CT molecular complexity index is 1400. The van der Waals surface area contributed by atoms with Gasteiger partial charge in [0.2, 0.25) is 11.6 Å². The lowest BCUT2D eigenvalue weighted by Gasteiger charge is -2.14. The Balaban J connectivity index is 1.44. The van der Waals surface area contributed by atoms with Crippen molar-refractivity contribution in [2.24, 2.45) is 0 Å². The fourth-order valence-corrected chi connectivity index (χ4v) is 5.07. The molecule has 240 valence electrons. The van der Waals surface area contributed by atoms with Crippen LogP contribution in [0.4, 0.5) is 13.2 Å². The molecule has 0 aliphatic heterocycles. The zero-order chi connectivity index (χ0) is 31.8. The molecule has 0 spiro atoms. The standard InChI is InChI=1S/C35H44F3NO5/c1-3-5-14-17-26-18-20-28(30(24-26)35(36,37)38)29-25-27-19-21-31(39-33(27)44-34(29)41)42-22-15-12-10-8-6-7-9-11-13-16-23-43-32(40)4-2/h4,18-21,24-25H,2-3,5-17,22-23H2,1H3. The van der Waals surface area contributed by atoms with Gasteiger partial charge in [0.05, 0.1) is 24.3 Å². The van der Waals surface area contributed by atoms with Crippen molar-refractivity contribution in [2.45, 2.75) is 103 Å². The Morgan fingerprint density at radius 1 is 0.864 bits per heavy atom. The lowest BCUT2D eigenvalue weighted by atomic mass is 9.96. The number of benzene rings is 1. The summed E-state index contributed by atoms with van der Waals surface area (Å²) in [4.78, 5) is 28.0. The monoisotopic (exact) mass is 615 g/mol. The van der Waals surface area contributed by atoms with Gasteiger partial charge in [-0.2, -0.15) is 18.2 Å². The first kappa shape index (κ1) is 34.9. The molecule has 0 amide bonds. The number of fused-ring (bicyclic) bond motifs is 1. The van der Waals surface area contributed by atoms with Crippen molar-refractivity contribution in [3.8, 4) is 17.0 Å². The van der Waals surface area contributed by atoms with E-state index in [1.807, 2.05) is 6.92 Å². The molecule has 0 aliphatic carbocycles. The second-order valence-corrected chi connectivity index (χ2v) is 11.1. The molecule has 0 saturated heterocycles. The van der Waals surface area contributed by atoms with Gasteiger partial charge in [-0.05, 0) is 49.4 Å². The first-order valence-corrected chi connectivity index (χ1v) is 15.8. The number of pyridine rings is 1. The number of nitrogens with zero attached hydrogens (tertiary/aromatic N) is 1. The minimum absolute atomic E-state index is 0.0266. The van der Waals surface area contributed by atoms with Gasteiger partial charge < -0.3 is 13.9 Å². The van der Waals surface area contributed by atoms with Crippen molar-refractivity contribution in [3.63, 3.8) is 0 Å². The Kier molecular flexibility index (Phi) is 14.5. The molecule has 3 rings (SSSR count). The van der Waals surface area contributed by atoms with Crippen LogP contribution in [-0.4, -0.2) is 24.2 Å². The second-order valence-electron chi connectivity index (χ2n) is 11.1. The molecule has 0 saturated carbocycles. The number of carbonyl (C=O) groups excluding carboxylic acids is 1. The van der Waals surface area contributed by atoms with Gasteiger partial charge in [-0.3, -0.25) is 0 Å². The summed E-state index contributed by atoms with van der Waals surface area (Å²) in [7, 11) is 0. The highest BCUT2D eigenvalue weighted by atomic mass is 19.4. The minimum Gasteiger partial charge on any atom is -0.478 e. The largest absolute Gasteiger partial charge is 0.478 e. The molecule has 0 radical (unpaired) electrons. The number of esters is 1. The summed E-state index contributed by atoms with van der Waals surface area (Å²) in [6, 6.07) is 8.83. The second kappa shape index (κ2) is 18.2. The van der Waals surface area contributed by atoms with Crippen LogP contribution in [0.1, 0.15) is 102 Å². The number of aromatic nitrogens is 1. The van der Waals surface area contributed by atoms with Crippen LogP contribution in [0.3, 0.4) is 0 Å². The number of aryl methyl sites for hydroxylation is 1. The number of ether oxygens (including phenoxy) is 2. The molecule has 2 heterocycles. The summed E-state index contributed by atoms with van der Waals surface area (Å²) >= 11 is 0. The van der Waals surface area contributed by atoms with Crippen molar-refractivity contribution in [1.82, 2.24) is 4.98 Å². The van der Waals surface area contributed by atoms with Gasteiger partial charge in [0.25, 0.3) is 0 Å². The van der Waals surface area contributed by atoms with Crippen molar-refractivity contribution in [3.05, 3.63) is 70.6 Å². The molecule has 0 atom stereocenters. The van der Waals surface area contributed by atoms with Crippen LogP contribution in [0.5, 0.6) is 5.88 Å². The molecule has 0 fully saturated rings.